The van der Waals surface area contributed by atoms with E-state index >= 15 is 0 Å². The van der Waals surface area contributed by atoms with Gasteiger partial charge in [0.2, 0.25) is 0 Å². The van der Waals surface area contributed by atoms with Crippen molar-refractivity contribution in [2.24, 2.45) is 0 Å². The van der Waals surface area contributed by atoms with E-state index in [1.54, 1.807) is 0 Å². The molecule has 0 radical (unpaired) electrons. The molecule has 90 valence electrons. The number of benzene rings is 1. The van der Waals surface area contributed by atoms with E-state index in [9.17, 15) is 0 Å². The van der Waals surface area contributed by atoms with E-state index in [2.05, 4.69) is 35.3 Å². The van der Waals surface area contributed by atoms with Gasteiger partial charge in [0, 0.05) is 26.2 Å². The number of fused-ring (bicyclic) bond motifs is 1. The Hall–Kier alpha value is -0.970. The van der Waals surface area contributed by atoms with Gasteiger partial charge in [-0.2, -0.15) is 0 Å². The van der Waals surface area contributed by atoms with Crippen LogP contribution in [0.2, 0.25) is 0 Å². The Morgan fingerprint density at radius 2 is 2.18 bits per heavy atom. The molecule has 1 aliphatic rings. The number of nitrogens with one attached hydrogen (secondary N) is 1. The highest BCUT2D eigenvalue weighted by Gasteiger charge is 2.12. The van der Waals surface area contributed by atoms with Crippen molar-refractivity contribution in [2.45, 2.75) is 13.5 Å². The lowest BCUT2D eigenvalue weighted by Gasteiger charge is -2.25. The standard InChI is InChI=1S/C13H17N3S/c1-10-2-3-11-12(8-10)17-13(15-11)9-16-6-4-14-5-7-16/h2-3,8,14H,4-7,9H2,1H3. The van der Waals surface area contributed by atoms with Crippen LogP contribution in [0.5, 0.6) is 0 Å². The van der Waals surface area contributed by atoms with Gasteiger partial charge in [0.1, 0.15) is 5.01 Å². The Balaban J connectivity index is 1.80. The Bertz CT molecular complexity index is 514. The first-order valence-electron chi connectivity index (χ1n) is 6.10. The summed E-state index contributed by atoms with van der Waals surface area (Å²) < 4.78 is 1.31. The summed E-state index contributed by atoms with van der Waals surface area (Å²) in [5.41, 5.74) is 2.46. The minimum atomic E-state index is 1.00. The molecule has 17 heavy (non-hydrogen) atoms. The molecule has 0 amide bonds. The summed E-state index contributed by atoms with van der Waals surface area (Å²) in [5.74, 6) is 0. The average molecular weight is 247 g/mol. The lowest BCUT2D eigenvalue weighted by molar-refractivity contribution is 0.233. The van der Waals surface area contributed by atoms with E-state index < -0.39 is 0 Å². The first-order chi connectivity index (χ1) is 8.31. The van der Waals surface area contributed by atoms with Crippen LogP contribution in [0.1, 0.15) is 10.6 Å². The Morgan fingerprint density at radius 3 is 3.00 bits per heavy atom. The summed E-state index contributed by atoms with van der Waals surface area (Å²) in [6.07, 6.45) is 0. The van der Waals surface area contributed by atoms with Gasteiger partial charge in [-0.1, -0.05) is 6.07 Å². The normalized spacial score (nSPS) is 17.7. The van der Waals surface area contributed by atoms with E-state index in [-0.39, 0.29) is 0 Å². The summed E-state index contributed by atoms with van der Waals surface area (Å²) in [6, 6.07) is 6.49. The molecular weight excluding hydrogens is 230 g/mol. The molecule has 2 aromatic rings. The highest BCUT2D eigenvalue weighted by Crippen LogP contribution is 2.24. The van der Waals surface area contributed by atoms with Gasteiger partial charge >= 0.3 is 0 Å². The number of piperazine rings is 1. The van der Waals surface area contributed by atoms with Crippen molar-refractivity contribution in [3.63, 3.8) is 0 Å². The van der Waals surface area contributed by atoms with Gasteiger partial charge in [0.25, 0.3) is 0 Å². The number of hydrogen-bond donors (Lipinski definition) is 1. The van der Waals surface area contributed by atoms with Crippen LogP contribution in [0.15, 0.2) is 18.2 Å². The SMILES string of the molecule is Cc1ccc2nc(CN3CCNCC3)sc2c1. The smallest absolute Gasteiger partial charge is 0.108 e. The van der Waals surface area contributed by atoms with Gasteiger partial charge in [-0.25, -0.2) is 4.98 Å². The third-order valence-corrected chi connectivity index (χ3v) is 4.16. The number of aromatic nitrogens is 1. The number of nitrogens with zero attached hydrogens (tertiary/aromatic N) is 2. The fourth-order valence-electron chi connectivity index (χ4n) is 2.21. The molecule has 0 atom stereocenters. The van der Waals surface area contributed by atoms with Gasteiger partial charge in [-0.15, -0.1) is 11.3 Å². The maximum absolute atomic E-state index is 4.70. The van der Waals surface area contributed by atoms with Gasteiger partial charge < -0.3 is 5.32 Å². The predicted octanol–water partition coefficient (Wildman–Crippen LogP) is 2.01. The van der Waals surface area contributed by atoms with Crippen molar-refractivity contribution >= 4 is 21.6 Å². The maximum atomic E-state index is 4.70. The van der Waals surface area contributed by atoms with Crippen LogP contribution < -0.4 is 5.32 Å². The molecule has 1 fully saturated rings. The molecular formula is C13H17N3S. The van der Waals surface area contributed by atoms with Crippen LogP contribution in [-0.2, 0) is 6.54 Å². The quantitative estimate of drug-likeness (QED) is 0.880. The van der Waals surface area contributed by atoms with Crippen molar-refractivity contribution in [2.75, 3.05) is 26.2 Å². The monoisotopic (exact) mass is 247 g/mol. The topological polar surface area (TPSA) is 28.2 Å². The van der Waals surface area contributed by atoms with Crippen LogP contribution >= 0.6 is 11.3 Å². The van der Waals surface area contributed by atoms with Crippen LogP contribution in [0.25, 0.3) is 10.2 Å². The van der Waals surface area contributed by atoms with E-state index in [4.69, 9.17) is 4.98 Å². The van der Waals surface area contributed by atoms with Gasteiger partial charge in [-0.3, -0.25) is 4.90 Å². The molecule has 0 spiro atoms. The second-order valence-corrected chi connectivity index (χ2v) is 5.72. The zero-order valence-corrected chi connectivity index (χ0v) is 10.9. The molecule has 1 aromatic heterocycles. The van der Waals surface area contributed by atoms with Crippen molar-refractivity contribution < 1.29 is 0 Å². The predicted molar refractivity (Wildman–Crippen MR) is 72.5 cm³/mol. The van der Waals surface area contributed by atoms with Crippen LogP contribution in [0.4, 0.5) is 0 Å². The van der Waals surface area contributed by atoms with Crippen LogP contribution in [0, 0.1) is 6.92 Å². The van der Waals surface area contributed by atoms with Crippen LogP contribution in [0.3, 0.4) is 0 Å². The average Bonchev–Trinajstić information content (AvgIpc) is 2.71. The van der Waals surface area contributed by atoms with Gasteiger partial charge in [0.05, 0.1) is 16.8 Å². The molecule has 0 bridgehead atoms. The molecule has 0 unspecified atom stereocenters. The second kappa shape index (κ2) is 4.72. The lowest BCUT2D eigenvalue weighted by Crippen LogP contribution is -2.42. The zero-order valence-electron chi connectivity index (χ0n) is 10.1. The van der Waals surface area contributed by atoms with Crippen molar-refractivity contribution in [3.05, 3.63) is 28.8 Å². The van der Waals surface area contributed by atoms with Crippen molar-refractivity contribution in [1.29, 1.82) is 0 Å². The first kappa shape index (κ1) is 11.1. The third kappa shape index (κ3) is 2.49. The molecule has 4 heteroatoms. The summed E-state index contributed by atoms with van der Waals surface area (Å²) in [7, 11) is 0. The molecule has 2 heterocycles. The molecule has 1 aromatic carbocycles. The summed E-state index contributed by atoms with van der Waals surface area (Å²) in [5, 5.41) is 4.62. The molecule has 3 rings (SSSR count). The first-order valence-corrected chi connectivity index (χ1v) is 6.92. The molecule has 1 aliphatic heterocycles. The number of hydrogen-bond acceptors (Lipinski definition) is 4. The van der Waals surface area contributed by atoms with E-state index in [1.165, 1.54) is 15.3 Å². The second-order valence-electron chi connectivity index (χ2n) is 4.60. The fraction of sp³-hybridized carbons (Fsp3) is 0.462. The maximum Gasteiger partial charge on any atom is 0.108 e. The number of rotatable bonds is 2. The zero-order chi connectivity index (χ0) is 11.7. The number of thiazole rings is 1. The lowest BCUT2D eigenvalue weighted by atomic mass is 10.2. The molecule has 0 saturated carbocycles. The van der Waals surface area contributed by atoms with Crippen molar-refractivity contribution in [1.82, 2.24) is 15.2 Å². The Morgan fingerprint density at radius 1 is 1.35 bits per heavy atom. The van der Waals surface area contributed by atoms with E-state index in [0.717, 1.165) is 38.2 Å². The fourth-order valence-corrected chi connectivity index (χ4v) is 3.32. The minimum absolute atomic E-state index is 1.00. The molecule has 3 nitrogen and oxygen atoms in total. The molecule has 1 N–H and O–H groups in total. The Kier molecular flexibility index (Phi) is 3.09. The summed E-state index contributed by atoms with van der Waals surface area (Å²) in [6.45, 7) is 7.60. The molecule has 1 saturated heterocycles. The van der Waals surface area contributed by atoms with Gasteiger partial charge in [-0.05, 0) is 24.6 Å². The highest BCUT2D eigenvalue weighted by molar-refractivity contribution is 7.18. The Labute approximate surface area is 105 Å². The molecule has 0 aliphatic carbocycles. The number of aryl methyl sites for hydroxylation is 1. The minimum Gasteiger partial charge on any atom is -0.314 e. The largest absolute Gasteiger partial charge is 0.314 e. The highest BCUT2D eigenvalue weighted by atomic mass is 32.1. The van der Waals surface area contributed by atoms with Gasteiger partial charge in [0.15, 0.2) is 0 Å². The summed E-state index contributed by atoms with van der Waals surface area (Å²) in [4.78, 5) is 7.18. The third-order valence-electron chi connectivity index (χ3n) is 3.16. The van der Waals surface area contributed by atoms with E-state index in [1.807, 2.05) is 11.3 Å². The van der Waals surface area contributed by atoms with E-state index in [0.29, 0.717) is 0 Å². The summed E-state index contributed by atoms with van der Waals surface area (Å²) >= 11 is 1.83. The van der Waals surface area contributed by atoms with Crippen molar-refractivity contribution in [3.8, 4) is 0 Å². The van der Waals surface area contributed by atoms with Crippen LogP contribution in [-0.4, -0.2) is 36.1 Å².